The molecule has 8 heteroatoms. The van der Waals surface area contributed by atoms with Gasteiger partial charge in [0.2, 0.25) is 0 Å². The Hall–Kier alpha value is -2.54. The molecule has 3 aromatic rings. The van der Waals surface area contributed by atoms with Gasteiger partial charge in [-0.1, -0.05) is 50.9 Å². The third-order valence-electron chi connectivity index (χ3n) is 6.72. The molecule has 34 heavy (non-hydrogen) atoms. The van der Waals surface area contributed by atoms with Gasteiger partial charge in [-0.05, 0) is 60.9 Å². The highest BCUT2D eigenvalue weighted by atomic mass is 35.5. The Labute approximate surface area is 202 Å². The number of carbonyl (C=O) groups excluding carboxylic acids is 1. The predicted octanol–water partition coefficient (Wildman–Crippen LogP) is 7.38. The molecule has 4 nitrogen and oxygen atoms in total. The number of rotatable bonds is 5. The molecule has 0 spiro atoms. The van der Waals surface area contributed by atoms with Crippen molar-refractivity contribution in [3.63, 3.8) is 0 Å². The molecule has 1 saturated carbocycles. The van der Waals surface area contributed by atoms with Gasteiger partial charge < -0.3 is 9.30 Å². The van der Waals surface area contributed by atoms with Crippen LogP contribution in [0.15, 0.2) is 42.5 Å². The van der Waals surface area contributed by atoms with Crippen molar-refractivity contribution < 1.29 is 22.7 Å². The number of hydrogen-bond acceptors (Lipinski definition) is 3. The van der Waals surface area contributed by atoms with Crippen LogP contribution in [-0.2, 0) is 22.3 Å². The van der Waals surface area contributed by atoms with Crippen molar-refractivity contribution in [1.29, 1.82) is 0 Å². The number of alkyl halides is 3. The molecule has 1 aliphatic carbocycles. The second-order valence-electron chi connectivity index (χ2n) is 9.56. The van der Waals surface area contributed by atoms with E-state index in [1.54, 1.807) is 28.8 Å². The van der Waals surface area contributed by atoms with Crippen molar-refractivity contribution >= 4 is 28.6 Å². The molecule has 1 heterocycles. The van der Waals surface area contributed by atoms with E-state index in [0.717, 1.165) is 25.3 Å². The summed E-state index contributed by atoms with van der Waals surface area (Å²) in [6, 6.07) is 10.8. The molecule has 0 saturated heterocycles. The molecule has 1 unspecified atom stereocenters. The van der Waals surface area contributed by atoms with Crippen molar-refractivity contribution in [3.8, 4) is 11.4 Å². The van der Waals surface area contributed by atoms with Gasteiger partial charge in [-0.15, -0.1) is 0 Å². The average molecular weight is 493 g/mol. The highest BCUT2D eigenvalue weighted by molar-refractivity contribution is 6.31. The number of fused-ring (bicyclic) bond motifs is 1. The first kappa shape index (κ1) is 24.6. The normalized spacial score (nSPS) is 21.2. The van der Waals surface area contributed by atoms with Gasteiger partial charge in [-0.2, -0.15) is 13.2 Å². The number of imidazole rings is 1. The van der Waals surface area contributed by atoms with E-state index in [-0.39, 0.29) is 29.1 Å². The summed E-state index contributed by atoms with van der Waals surface area (Å²) in [7, 11) is 0. The van der Waals surface area contributed by atoms with Gasteiger partial charge in [-0.25, -0.2) is 4.98 Å². The highest BCUT2D eigenvalue weighted by Gasteiger charge is 2.35. The van der Waals surface area contributed by atoms with Crippen LogP contribution in [0.2, 0.25) is 5.02 Å². The number of halogens is 4. The smallest absolute Gasteiger partial charge is 0.417 e. The van der Waals surface area contributed by atoms with Gasteiger partial charge in [-0.3, -0.25) is 4.79 Å². The molecular formula is C26H28ClF3N2O2. The van der Waals surface area contributed by atoms with E-state index in [1.165, 1.54) is 12.1 Å². The quantitative estimate of drug-likeness (QED) is 0.349. The summed E-state index contributed by atoms with van der Waals surface area (Å²) >= 11 is 5.81. The molecular weight excluding hydrogens is 465 g/mol. The topological polar surface area (TPSA) is 44.1 Å². The summed E-state index contributed by atoms with van der Waals surface area (Å²) in [6.45, 7) is 6.30. The molecule has 1 fully saturated rings. The fraction of sp³-hybridized carbons (Fsp3) is 0.462. The zero-order chi connectivity index (χ0) is 24.6. The van der Waals surface area contributed by atoms with Crippen LogP contribution in [0.5, 0.6) is 0 Å². The Kier molecular flexibility index (Phi) is 6.94. The SMILES string of the molecule is CC(C)C1CC[C@@H](C)C[C@H]1OC(=O)Cn1c(-c2ccc(Cl)c(C(F)(F)F)c2)nc2ccccc21. The molecule has 0 amide bonds. The summed E-state index contributed by atoms with van der Waals surface area (Å²) in [6.07, 6.45) is -1.82. The van der Waals surface area contributed by atoms with Crippen molar-refractivity contribution in [1.82, 2.24) is 9.55 Å². The van der Waals surface area contributed by atoms with Gasteiger partial charge in [0.1, 0.15) is 18.5 Å². The summed E-state index contributed by atoms with van der Waals surface area (Å²) in [5, 5.41) is -0.385. The van der Waals surface area contributed by atoms with E-state index in [1.807, 2.05) is 0 Å². The molecule has 1 aliphatic rings. The van der Waals surface area contributed by atoms with Gasteiger partial charge in [0.25, 0.3) is 0 Å². The summed E-state index contributed by atoms with van der Waals surface area (Å²) in [5.74, 6) is 1.01. The summed E-state index contributed by atoms with van der Waals surface area (Å²) < 4.78 is 48.0. The van der Waals surface area contributed by atoms with E-state index in [4.69, 9.17) is 16.3 Å². The number of hydrogen-bond donors (Lipinski definition) is 0. The maximum Gasteiger partial charge on any atom is 0.417 e. The van der Waals surface area contributed by atoms with E-state index in [2.05, 4.69) is 25.8 Å². The monoisotopic (exact) mass is 492 g/mol. The minimum atomic E-state index is -4.60. The number of para-hydroxylation sites is 2. The number of esters is 1. The lowest BCUT2D eigenvalue weighted by Crippen LogP contribution is -2.36. The zero-order valence-corrected chi connectivity index (χ0v) is 20.2. The van der Waals surface area contributed by atoms with Crippen molar-refractivity contribution in [2.45, 2.75) is 58.9 Å². The summed E-state index contributed by atoms with van der Waals surface area (Å²) in [4.78, 5) is 17.6. The maximum atomic E-state index is 13.5. The molecule has 0 N–H and O–H groups in total. The van der Waals surface area contributed by atoms with E-state index in [9.17, 15) is 18.0 Å². The van der Waals surface area contributed by atoms with Crippen LogP contribution in [0.4, 0.5) is 13.2 Å². The third kappa shape index (κ3) is 5.09. The molecule has 0 radical (unpaired) electrons. The second-order valence-corrected chi connectivity index (χ2v) is 9.96. The lowest BCUT2D eigenvalue weighted by Gasteiger charge is -2.36. The molecule has 0 bridgehead atoms. The van der Waals surface area contributed by atoms with Crippen LogP contribution in [0.1, 0.15) is 45.6 Å². The van der Waals surface area contributed by atoms with Crippen LogP contribution in [0.3, 0.4) is 0 Å². The Bertz CT molecular complexity index is 1190. The van der Waals surface area contributed by atoms with Gasteiger partial charge >= 0.3 is 12.1 Å². The second kappa shape index (κ2) is 9.61. The van der Waals surface area contributed by atoms with E-state index >= 15 is 0 Å². The fourth-order valence-electron chi connectivity index (χ4n) is 4.92. The minimum Gasteiger partial charge on any atom is -0.461 e. The Morgan fingerprint density at radius 3 is 2.65 bits per heavy atom. The van der Waals surface area contributed by atoms with Crippen LogP contribution >= 0.6 is 11.6 Å². The first-order chi connectivity index (χ1) is 16.0. The van der Waals surface area contributed by atoms with Crippen LogP contribution in [0, 0.1) is 17.8 Å². The molecule has 182 valence electrons. The Morgan fingerprint density at radius 1 is 1.21 bits per heavy atom. The van der Waals surface area contributed by atoms with Crippen molar-refractivity contribution in [2.75, 3.05) is 0 Å². The van der Waals surface area contributed by atoms with Gasteiger partial charge in [0, 0.05) is 5.56 Å². The van der Waals surface area contributed by atoms with Crippen LogP contribution in [0.25, 0.3) is 22.4 Å². The molecule has 0 aliphatic heterocycles. The number of carbonyl (C=O) groups is 1. The fourth-order valence-corrected chi connectivity index (χ4v) is 5.15. The lowest BCUT2D eigenvalue weighted by atomic mass is 9.75. The van der Waals surface area contributed by atoms with Crippen LogP contribution in [-0.4, -0.2) is 21.6 Å². The number of nitrogens with zero attached hydrogens (tertiary/aromatic N) is 2. The van der Waals surface area contributed by atoms with E-state index in [0.29, 0.717) is 28.8 Å². The third-order valence-corrected chi connectivity index (χ3v) is 7.05. The first-order valence-corrected chi connectivity index (χ1v) is 11.9. The number of ether oxygens (including phenoxy) is 1. The first-order valence-electron chi connectivity index (χ1n) is 11.6. The molecule has 3 atom stereocenters. The van der Waals surface area contributed by atoms with Gasteiger partial charge in [0.15, 0.2) is 0 Å². The molecule has 1 aromatic heterocycles. The largest absolute Gasteiger partial charge is 0.461 e. The molecule has 4 rings (SSSR count). The van der Waals surface area contributed by atoms with Gasteiger partial charge in [0.05, 0.1) is 21.6 Å². The zero-order valence-electron chi connectivity index (χ0n) is 19.4. The number of aromatic nitrogens is 2. The summed E-state index contributed by atoms with van der Waals surface area (Å²) in [5.41, 5.74) is 0.520. The Balaban J connectivity index is 1.68. The Morgan fingerprint density at radius 2 is 1.94 bits per heavy atom. The standard InChI is InChI=1S/C26H28ClF3N2O2/c1-15(2)18-10-8-16(3)12-23(18)34-24(33)14-32-22-7-5-4-6-21(22)31-25(32)17-9-11-20(27)19(13-17)26(28,29)30/h4-7,9,11,13,15-16,18,23H,8,10,12,14H2,1-3H3/t16-,18?,23-/m1/s1. The highest BCUT2D eigenvalue weighted by Crippen LogP contribution is 2.38. The number of benzene rings is 2. The average Bonchev–Trinajstić information content (AvgIpc) is 3.11. The van der Waals surface area contributed by atoms with Crippen molar-refractivity contribution in [3.05, 3.63) is 53.1 Å². The predicted molar refractivity (Wildman–Crippen MR) is 126 cm³/mol. The van der Waals surface area contributed by atoms with E-state index < -0.39 is 17.7 Å². The van der Waals surface area contributed by atoms with Crippen molar-refractivity contribution in [2.24, 2.45) is 17.8 Å². The maximum absolute atomic E-state index is 13.5. The van der Waals surface area contributed by atoms with Crippen LogP contribution < -0.4 is 0 Å². The molecule has 2 aromatic carbocycles. The minimum absolute atomic E-state index is 0.143. The lowest BCUT2D eigenvalue weighted by molar-refractivity contribution is -0.156.